The second-order valence-corrected chi connectivity index (χ2v) is 5.00. The van der Waals surface area contributed by atoms with Crippen LogP contribution in [0.15, 0.2) is 29.4 Å². The first-order chi connectivity index (χ1) is 7.06. The number of hydrogen-bond acceptors (Lipinski definition) is 4. The standard InChI is InChI=1S/C9H15N3O2S.ClH/c1-8(10-2)6-12-15(13,14)9-4-3-5-11-7-9;/h3-5,7-8,10,12H,6H2,1-2H3;1H. The summed E-state index contributed by atoms with van der Waals surface area (Å²) >= 11 is 0. The highest BCUT2D eigenvalue weighted by Crippen LogP contribution is 2.04. The van der Waals surface area contributed by atoms with E-state index >= 15 is 0 Å². The van der Waals surface area contributed by atoms with E-state index in [0.29, 0.717) is 6.54 Å². The highest BCUT2D eigenvalue weighted by Gasteiger charge is 2.13. The van der Waals surface area contributed by atoms with Crippen molar-refractivity contribution in [3.8, 4) is 0 Å². The van der Waals surface area contributed by atoms with Crippen LogP contribution in [0.25, 0.3) is 0 Å². The Hall–Kier alpha value is -0.690. The smallest absolute Gasteiger partial charge is 0.242 e. The number of nitrogens with zero attached hydrogens (tertiary/aromatic N) is 1. The monoisotopic (exact) mass is 265 g/mol. The zero-order valence-corrected chi connectivity index (χ0v) is 10.8. The van der Waals surface area contributed by atoms with Gasteiger partial charge in [0, 0.05) is 25.0 Å². The molecule has 92 valence electrons. The van der Waals surface area contributed by atoms with E-state index in [-0.39, 0.29) is 23.3 Å². The summed E-state index contributed by atoms with van der Waals surface area (Å²) in [6, 6.07) is 3.20. The average molecular weight is 266 g/mol. The quantitative estimate of drug-likeness (QED) is 0.808. The van der Waals surface area contributed by atoms with Crippen LogP contribution in [0.1, 0.15) is 6.92 Å². The van der Waals surface area contributed by atoms with Gasteiger partial charge in [-0.25, -0.2) is 13.1 Å². The molecule has 16 heavy (non-hydrogen) atoms. The fourth-order valence-corrected chi connectivity index (χ4v) is 2.02. The normalized spacial score (nSPS) is 12.9. The topological polar surface area (TPSA) is 71.1 Å². The molecule has 0 radical (unpaired) electrons. The minimum absolute atomic E-state index is 0. The van der Waals surface area contributed by atoms with E-state index in [4.69, 9.17) is 0 Å². The Morgan fingerprint density at radius 3 is 2.69 bits per heavy atom. The Bertz CT molecular complexity index is 396. The van der Waals surface area contributed by atoms with Crippen molar-refractivity contribution in [2.75, 3.05) is 13.6 Å². The van der Waals surface area contributed by atoms with Crippen molar-refractivity contribution in [1.82, 2.24) is 15.0 Å². The summed E-state index contributed by atoms with van der Waals surface area (Å²) in [7, 11) is -1.64. The van der Waals surface area contributed by atoms with Crippen LogP contribution in [0.5, 0.6) is 0 Å². The average Bonchev–Trinajstić information content (AvgIpc) is 2.27. The van der Waals surface area contributed by atoms with Crippen LogP contribution in [-0.2, 0) is 10.0 Å². The Kier molecular flexibility index (Phi) is 6.51. The Balaban J connectivity index is 0.00000225. The highest BCUT2D eigenvalue weighted by molar-refractivity contribution is 7.89. The molecular formula is C9H16ClN3O2S. The summed E-state index contributed by atoms with van der Waals surface area (Å²) in [5.41, 5.74) is 0. The largest absolute Gasteiger partial charge is 0.316 e. The van der Waals surface area contributed by atoms with Crippen LogP contribution >= 0.6 is 12.4 Å². The molecule has 0 saturated carbocycles. The lowest BCUT2D eigenvalue weighted by Crippen LogP contribution is -2.37. The van der Waals surface area contributed by atoms with Gasteiger partial charge in [0.1, 0.15) is 4.90 Å². The van der Waals surface area contributed by atoms with E-state index in [1.807, 2.05) is 6.92 Å². The molecule has 0 bridgehead atoms. The zero-order chi connectivity index (χ0) is 11.3. The zero-order valence-electron chi connectivity index (χ0n) is 9.17. The number of aromatic nitrogens is 1. The van der Waals surface area contributed by atoms with Crippen LogP contribution in [0.2, 0.25) is 0 Å². The third kappa shape index (κ3) is 4.44. The third-order valence-corrected chi connectivity index (χ3v) is 3.43. The van der Waals surface area contributed by atoms with Crippen LogP contribution in [0.3, 0.4) is 0 Å². The van der Waals surface area contributed by atoms with Crippen LogP contribution in [0.4, 0.5) is 0 Å². The van der Waals surface area contributed by atoms with E-state index in [1.165, 1.54) is 18.5 Å². The molecule has 0 saturated heterocycles. The fourth-order valence-electron chi connectivity index (χ4n) is 0.926. The minimum Gasteiger partial charge on any atom is -0.316 e. The molecule has 2 N–H and O–H groups in total. The predicted molar refractivity (Wildman–Crippen MR) is 65.2 cm³/mol. The summed E-state index contributed by atoms with van der Waals surface area (Å²) < 4.78 is 25.8. The first-order valence-corrected chi connectivity index (χ1v) is 6.11. The number of rotatable bonds is 5. The molecule has 7 heteroatoms. The molecule has 1 heterocycles. The lowest BCUT2D eigenvalue weighted by atomic mass is 10.4. The molecule has 0 spiro atoms. The number of sulfonamides is 1. The van der Waals surface area contributed by atoms with Gasteiger partial charge in [-0.3, -0.25) is 4.98 Å². The summed E-state index contributed by atoms with van der Waals surface area (Å²) in [5, 5.41) is 2.95. The first-order valence-electron chi connectivity index (χ1n) is 4.63. The van der Waals surface area contributed by atoms with Gasteiger partial charge in [0.15, 0.2) is 0 Å². The van der Waals surface area contributed by atoms with E-state index in [0.717, 1.165) is 0 Å². The summed E-state index contributed by atoms with van der Waals surface area (Å²) in [5.74, 6) is 0. The van der Waals surface area contributed by atoms with Gasteiger partial charge in [-0.1, -0.05) is 0 Å². The van der Waals surface area contributed by atoms with Crippen molar-refractivity contribution < 1.29 is 8.42 Å². The number of pyridine rings is 1. The Labute approximate surface area is 102 Å². The molecule has 0 fully saturated rings. The second-order valence-electron chi connectivity index (χ2n) is 3.23. The summed E-state index contributed by atoms with van der Waals surface area (Å²) in [4.78, 5) is 3.95. The maximum absolute atomic E-state index is 11.7. The van der Waals surface area contributed by atoms with Gasteiger partial charge < -0.3 is 5.32 Å². The summed E-state index contributed by atoms with van der Waals surface area (Å²) in [6.45, 7) is 2.25. The van der Waals surface area contributed by atoms with Gasteiger partial charge >= 0.3 is 0 Å². The van der Waals surface area contributed by atoms with Gasteiger partial charge in [0.2, 0.25) is 10.0 Å². The summed E-state index contributed by atoms with van der Waals surface area (Å²) in [6.07, 6.45) is 2.86. The predicted octanol–water partition coefficient (Wildman–Crippen LogP) is 0.390. The number of hydrogen-bond donors (Lipinski definition) is 2. The molecule has 0 aliphatic carbocycles. The molecule has 1 aromatic rings. The van der Waals surface area contributed by atoms with Crippen molar-refractivity contribution in [3.63, 3.8) is 0 Å². The highest BCUT2D eigenvalue weighted by atomic mass is 35.5. The van der Waals surface area contributed by atoms with E-state index in [2.05, 4.69) is 15.0 Å². The van der Waals surface area contributed by atoms with E-state index < -0.39 is 10.0 Å². The number of nitrogens with one attached hydrogen (secondary N) is 2. The molecule has 0 amide bonds. The first kappa shape index (κ1) is 15.3. The van der Waals surface area contributed by atoms with E-state index in [1.54, 1.807) is 13.1 Å². The molecule has 0 aliphatic rings. The van der Waals surface area contributed by atoms with Crippen molar-refractivity contribution in [2.45, 2.75) is 17.9 Å². The Morgan fingerprint density at radius 2 is 2.19 bits per heavy atom. The van der Waals surface area contributed by atoms with Crippen LogP contribution in [0, 0.1) is 0 Å². The van der Waals surface area contributed by atoms with Gasteiger partial charge in [-0.05, 0) is 26.1 Å². The lowest BCUT2D eigenvalue weighted by molar-refractivity contribution is 0.554. The van der Waals surface area contributed by atoms with Crippen molar-refractivity contribution in [2.24, 2.45) is 0 Å². The molecule has 0 aromatic carbocycles. The van der Waals surface area contributed by atoms with Crippen LogP contribution in [-0.4, -0.2) is 33.0 Å². The maximum Gasteiger partial charge on any atom is 0.242 e. The van der Waals surface area contributed by atoms with Gasteiger partial charge in [-0.15, -0.1) is 12.4 Å². The van der Waals surface area contributed by atoms with Gasteiger partial charge in [-0.2, -0.15) is 0 Å². The maximum atomic E-state index is 11.7. The van der Waals surface area contributed by atoms with Crippen molar-refractivity contribution >= 4 is 22.4 Å². The Morgan fingerprint density at radius 1 is 1.50 bits per heavy atom. The molecule has 1 atom stereocenters. The second kappa shape index (κ2) is 6.80. The van der Waals surface area contributed by atoms with Gasteiger partial charge in [0.25, 0.3) is 0 Å². The molecule has 1 unspecified atom stereocenters. The van der Waals surface area contributed by atoms with Gasteiger partial charge in [0.05, 0.1) is 0 Å². The van der Waals surface area contributed by atoms with Crippen molar-refractivity contribution in [3.05, 3.63) is 24.5 Å². The van der Waals surface area contributed by atoms with E-state index in [9.17, 15) is 8.42 Å². The third-order valence-electron chi connectivity index (χ3n) is 2.02. The fraction of sp³-hybridized carbons (Fsp3) is 0.444. The minimum atomic E-state index is -3.42. The molecule has 1 rings (SSSR count). The molecule has 1 aromatic heterocycles. The number of halogens is 1. The van der Waals surface area contributed by atoms with Crippen LogP contribution < -0.4 is 10.0 Å². The molecule has 0 aliphatic heterocycles. The molecular weight excluding hydrogens is 250 g/mol. The van der Waals surface area contributed by atoms with Crippen molar-refractivity contribution in [1.29, 1.82) is 0 Å². The SMILES string of the molecule is CNC(C)CNS(=O)(=O)c1cccnc1.Cl. The lowest BCUT2D eigenvalue weighted by Gasteiger charge is -2.11. The number of likely N-dealkylation sites (N-methyl/N-ethyl adjacent to an activating group) is 1. The molecule has 5 nitrogen and oxygen atoms in total.